The van der Waals surface area contributed by atoms with E-state index in [0.29, 0.717) is 12.5 Å². The Hall–Kier alpha value is -0.850. The van der Waals surface area contributed by atoms with Crippen molar-refractivity contribution in [3.63, 3.8) is 0 Å². The predicted octanol–water partition coefficient (Wildman–Crippen LogP) is 0.495. The quantitative estimate of drug-likeness (QED) is 0.185. The number of nitrogens with two attached hydrogens (primary N) is 1. The summed E-state index contributed by atoms with van der Waals surface area (Å²) in [7, 11) is 3.40. The van der Waals surface area contributed by atoms with E-state index in [1.165, 1.54) is 0 Å². The van der Waals surface area contributed by atoms with Crippen molar-refractivity contribution < 1.29 is 9.47 Å². The van der Waals surface area contributed by atoms with Gasteiger partial charge in [0, 0.05) is 40.5 Å². The number of hydrogen-bond acceptors (Lipinski definition) is 4. The first-order chi connectivity index (χ1) is 8.55. The van der Waals surface area contributed by atoms with Crippen LogP contribution in [0.15, 0.2) is 4.99 Å². The fraction of sp³-hybridized carbons (Fsp3) is 0.917. The molecule has 0 aromatic carbocycles. The zero-order valence-electron chi connectivity index (χ0n) is 12.1. The summed E-state index contributed by atoms with van der Waals surface area (Å²) in [4.78, 5) is 4.44. The smallest absolute Gasteiger partial charge is 0.205 e. The summed E-state index contributed by atoms with van der Waals surface area (Å²) >= 11 is 0. The predicted molar refractivity (Wildman–Crippen MR) is 74.4 cm³/mol. The molecule has 6 heteroatoms. The Labute approximate surface area is 110 Å². The summed E-state index contributed by atoms with van der Waals surface area (Å²) in [6, 6.07) is 0. The van der Waals surface area contributed by atoms with Gasteiger partial charge in [-0.1, -0.05) is 13.8 Å². The van der Waals surface area contributed by atoms with E-state index >= 15 is 0 Å². The molecule has 0 fully saturated rings. The number of rotatable bonds is 9. The van der Waals surface area contributed by atoms with Gasteiger partial charge in [0.05, 0.1) is 0 Å². The van der Waals surface area contributed by atoms with Crippen LogP contribution in [-0.2, 0) is 9.47 Å². The van der Waals surface area contributed by atoms with Crippen molar-refractivity contribution in [2.45, 2.75) is 26.7 Å². The molecule has 0 amide bonds. The highest BCUT2D eigenvalue weighted by molar-refractivity contribution is 5.79. The number of nitrogens with zero attached hydrogens (tertiary/aromatic N) is 1. The van der Waals surface area contributed by atoms with Gasteiger partial charge in [0.25, 0.3) is 0 Å². The van der Waals surface area contributed by atoms with Crippen LogP contribution in [-0.4, -0.2) is 46.5 Å². The maximum absolute atomic E-state index is 5.42. The molecule has 0 atom stereocenters. The third-order valence-corrected chi connectivity index (χ3v) is 2.60. The molecule has 0 aliphatic heterocycles. The van der Waals surface area contributed by atoms with Crippen molar-refractivity contribution in [2.24, 2.45) is 16.3 Å². The lowest BCUT2D eigenvalue weighted by molar-refractivity contribution is 0.155. The molecule has 4 N–H and O–H groups in total. The van der Waals surface area contributed by atoms with Crippen molar-refractivity contribution in [2.75, 3.05) is 40.5 Å². The van der Waals surface area contributed by atoms with Crippen LogP contribution >= 0.6 is 0 Å². The molecule has 6 nitrogen and oxygen atoms in total. The molecule has 0 heterocycles. The number of methoxy groups -OCH3 is 2. The van der Waals surface area contributed by atoms with Crippen LogP contribution in [0.25, 0.3) is 0 Å². The zero-order valence-corrected chi connectivity index (χ0v) is 12.1. The van der Waals surface area contributed by atoms with Gasteiger partial charge in [-0.3, -0.25) is 10.4 Å². The normalized spacial score (nSPS) is 12.6. The van der Waals surface area contributed by atoms with Crippen LogP contribution in [0, 0.1) is 5.41 Å². The third kappa shape index (κ3) is 9.21. The molecule has 0 rings (SSSR count). The van der Waals surface area contributed by atoms with E-state index in [4.69, 9.17) is 15.3 Å². The first-order valence-corrected chi connectivity index (χ1v) is 6.28. The Balaban J connectivity index is 4.01. The standard InChI is InChI=1S/C12H28N4O2/c1-12(2,6-9-18-4)10-15-11(16-13)14-7-5-8-17-3/h5-10,13H2,1-4H3,(H2,14,15,16). The Morgan fingerprint density at radius 3 is 2.44 bits per heavy atom. The fourth-order valence-electron chi connectivity index (χ4n) is 1.33. The highest BCUT2D eigenvalue weighted by Gasteiger charge is 2.17. The van der Waals surface area contributed by atoms with Gasteiger partial charge in [0.1, 0.15) is 0 Å². The average molecular weight is 260 g/mol. The minimum atomic E-state index is 0.103. The summed E-state index contributed by atoms with van der Waals surface area (Å²) in [5.41, 5.74) is 2.68. The maximum atomic E-state index is 5.42. The second-order valence-corrected chi connectivity index (χ2v) is 4.99. The topological polar surface area (TPSA) is 80.9 Å². The number of guanidine groups is 1. The lowest BCUT2D eigenvalue weighted by atomic mass is 9.90. The Morgan fingerprint density at radius 1 is 1.22 bits per heavy atom. The van der Waals surface area contributed by atoms with Gasteiger partial charge in [-0.05, 0) is 18.3 Å². The number of ether oxygens (including phenoxy) is 2. The summed E-state index contributed by atoms with van der Waals surface area (Å²) < 4.78 is 10.1. The molecule has 0 aromatic rings. The minimum absolute atomic E-state index is 0.103. The van der Waals surface area contributed by atoms with Crippen molar-refractivity contribution >= 4 is 5.96 Å². The molecule has 0 unspecified atom stereocenters. The van der Waals surface area contributed by atoms with E-state index in [1.807, 2.05) is 0 Å². The van der Waals surface area contributed by atoms with Crippen LogP contribution in [0.4, 0.5) is 0 Å². The molecule has 0 aromatic heterocycles. The number of aliphatic imine (C=N–C) groups is 1. The molecule has 0 aliphatic rings. The zero-order chi connectivity index (χ0) is 13.9. The van der Waals surface area contributed by atoms with E-state index in [9.17, 15) is 0 Å². The Kier molecular flexibility index (Phi) is 9.63. The van der Waals surface area contributed by atoms with Crippen LogP contribution in [0.3, 0.4) is 0 Å². The van der Waals surface area contributed by atoms with Crippen molar-refractivity contribution in [3.8, 4) is 0 Å². The molecule has 0 spiro atoms. The molecule has 0 saturated heterocycles. The molecular weight excluding hydrogens is 232 g/mol. The lowest BCUT2D eigenvalue weighted by Gasteiger charge is -2.22. The second-order valence-electron chi connectivity index (χ2n) is 4.99. The van der Waals surface area contributed by atoms with Gasteiger partial charge in [0.15, 0.2) is 0 Å². The summed E-state index contributed by atoms with van der Waals surface area (Å²) in [5, 5.41) is 3.14. The third-order valence-electron chi connectivity index (χ3n) is 2.60. The fourth-order valence-corrected chi connectivity index (χ4v) is 1.33. The molecule has 108 valence electrons. The lowest BCUT2D eigenvalue weighted by Crippen LogP contribution is -2.42. The highest BCUT2D eigenvalue weighted by atomic mass is 16.5. The van der Waals surface area contributed by atoms with Gasteiger partial charge in [-0.2, -0.15) is 0 Å². The van der Waals surface area contributed by atoms with Gasteiger partial charge < -0.3 is 14.8 Å². The van der Waals surface area contributed by atoms with Crippen LogP contribution in [0.1, 0.15) is 26.7 Å². The summed E-state index contributed by atoms with van der Waals surface area (Å²) in [5.74, 6) is 6.04. The highest BCUT2D eigenvalue weighted by Crippen LogP contribution is 2.20. The van der Waals surface area contributed by atoms with Gasteiger partial charge in [-0.15, -0.1) is 0 Å². The van der Waals surface area contributed by atoms with Crippen LogP contribution < -0.4 is 16.6 Å². The monoisotopic (exact) mass is 260 g/mol. The molecular formula is C12H28N4O2. The summed E-state index contributed by atoms with van der Waals surface area (Å²) in [6.45, 7) is 7.28. The van der Waals surface area contributed by atoms with Crippen LogP contribution in [0.5, 0.6) is 0 Å². The van der Waals surface area contributed by atoms with Crippen LogP contribution in [0.2, 0.25) is 0 Å². The Bertz CT molecular complexity index is 232. The van der Waals surface area contributed by atoms with Gasteiger partial charge >= 0.3 is 0 Å². The van der Waals surface area contributed by atoms with Crippen molar-refractivity contribution in [1.82, 2.24) is 10.7 Å². The molecule has 18 heavy (non-hydrogen) atoms. The number of nitrogens with one attached hydrogen (secondary N) is 2. The maximum Gasteiger partial charge on any atom is 0.205 e. The molecule has 0 saturated carbocycles. The number of hydrazine groups is 1. The minimum Gasteiger partial charge on any atom is -0.385 e. The van der Waals surface area contributed by atoms with E-state index in [2.05, 4.69) is 29.6 Å². The summed E-state index contributed by atoms with van der Waals surface area (Å²) in [6.07, 6.45) is 1.89. The van der Waals surface area contributed by atoms with E-state index in [1.54, 1.807) is 14.2 Å². The SMILES string of the molecule is COCCCNC(=NCC(C)(C)CCOC)NN. The average Bonchev–Trinajstić information content (AvgIpc) is 2.35. The first kappa shape index (κ1) is 17.2. The van der Waals surface area contributed by atoms with E-state index < -0.39 is 0 Å². The first-order valence-electron chi connectivity index (χ1n) is 6.28. The van der Waals surface area contributed by atoms with Gasteiger partial charge in [0.2, 0.25) is 5.96 Å². The second kappa shape index (κ2) is 10.1. The number of hydrogen-bond donors (Lipinski definition) is 3. The van der Waals surface area contributed by atoms with Gasteiger partial charge in [-0.25, -0.2) is 5.84 Å². The van der Waals surface area contributed by atoms with Crippen molar-refractivity contribution in [1.29, 1.82) is 0 Å². The molecule has 0 aliphatic carbocycles. The van der Waals surface area contributed by atoms with E-state index in [0.717, 1.165) is 32.6 Å². The van der Waals surface area contributed by atoms with E-state index in [-0.39, 0.29) is 5.41 Å². The largest absolute Gasteiger partial charge is 0.385 e. The molecule has 0 bridgehead atoms. The van der Waals surface area contributed by atoms with Crippen molar-refractivity contribution in [3.05, 3.63) is 0 Å². The molecule has 0 radical (unpaired) electrons. The Morgan fingerprint density at radius 2 is 1.89 bits per heavy atom.